The SMILES string of the molecule is CNC(CN1C(=O)CCCC1=O)c1cc2ccccc2o1. The van der Waals surface area contributed by atoms with Gasteiger partial charge in [-0.2, -0.15) is 0 Å². The van der Waals surface area contributed by atoms with Crippen molar-refractivity contribution in [3.8, 4) is 0 Å². The van der Waals surface area contributed by atoms with Crippen LogP contribution in [0.1, 0.15) is 31.1 Å². The maximum Gasteiger partial charge on any atom is 0.229 e. The second-order valence-electron chi connectivity index (χ2n) is 5.28. The van der Waals surface area contributed by atoms with Gasteiger partial charge in [0.05, 0.1) is 12.6 Å². The summed E-state index contributed by atoms with van der Waals surface area (Å²) in [6.45, 7) is 0.313. The van der Waals surface area contributed by atoms with Crippen LogP contribution in [-0.2, 0) is 9.59 Å². The van der Waals surface area contributed by atoms with Gasteiger partial charge in [-0.05, 0) is 25.6 Å². The summed E-state index contributed by atoms with van der Waals surface area (Å²) in [5.74, 6) is 0.551. The number of rotatable bonds is 4. The zero-order valence-electron chi connectivity index (χ0n) is 12.0. The number of hydrogen-bond acceptors (Lipinski definition) is 4. The summed E-state index contributed by atoms with van der Waals surface area (Å²) in [6.07, 6.45) is 1.55. The number of benzene rings is 1. The van der Waals surface area contributed by atoms with Gasteiger partial charge in [-0.3, -0.25) is 14.5 Å². The Balaban J connectivity index is 1.84. The van der Waals surface area contributed by atoms with Crippen LogP contribution in [0.3, 0.4) is 0 Å². The van der Waals surface area contributed by atoms with Crippen LogP contribution in [-0.4, -0.2) is 30.3 Å². The van der Waals surface area contributed by atoms with Gasteiger partial charge in [0, 0.05) is 18.2 Å². The molecule has 21 heavy (non-hydrogen) atoms. The lowest BCUT2D eigenvalue weighted by molar-refractivity contribution is -0.148. The first-order valence-electron chi connectivity index (χ1n) is 7.18. The number of nitrogens with zero attached hydrogens (tertiary/aromatic N) is 1. The highest BCUT2D eigenvalue weighted by atomic mass is 16.3. The topological polar surface area (TPSA) is 62.6 Å². The highest BCUT2D eigenvalue weighted by molar-refractivity contribution is 5.97. The van der Waals surface area contributed by atoms with Crippen molar-refractivity contribution in [1.82, 2.24) is 10.2 Å². The van der Waals surface area contributed by atoms with E-state index in [1.54, 1.807) is 7.05 Å². The molecule has 0 radical (unpaired) electrons. The molecule has 2 amide bonds. The molecule has 5 heteroatoms. The summed E-state index contributed by atoms with van der Waals surface area (Å²) < 4.78 is 5.82. The average Bonchev–Trinajstić information content (AvgIpc) is 2.90. The fraction of sp³-hybridized carbons (Fsp3) is 0.375. The van der Waals surface area contributed by atoms with E-state index in [0.29, 0.717) is 25.8 Å². The Kier molecular flexibility index (Phi) is 3.75. The van der Waals surface area contributed by atoms with Gasteiger partial charge < -0.3 is 9.73 Å². The van der Waals surface area contributed by atoms with Gasteiger partial charge in [-0.25, -0.2) is 0 Å². The van der Waals surface area contributed by atoms with Gasteiger partial charge in [0.15, 0.2) is 0 Å². The summed E-state index contributed by atoms with van der Waals surface area (Å²) in [4.78, 5) is 25.2. The molecule has 1 saturated heterocycles. The van der Waals surface area contributed by atoms with Crippen molar-refractivity contribution < 1.29 is 14.0 Å². The molecule has 0 aliphatic carbocycles. The molecule has 2 aromatic rings. The average molecular weight is 286 g/mol. The summed E-state index contributed by atoms with van der Waals surface area (Å²) >= 11 is 0. The molecule has 0 saturated carbocycles. The van der Waals surface area contributed by atoms with Crippen LogP contribution in [0.15, 0.2) is 34.7 Å². The Morgan fingerprint density at radius 2 is 1.95 bits per heavy atom. The van der Waals surface area contributed by atoms with Gasteiger partial charge in [-0.15, -0.1) is 0 Å². The maximum absolute atomic E-state index is 11.9. The van der Waals surface area contributed by atoms with E-state index in [1.807, 2.05) is 30.3 Å². The van der Waals surface area contributed by atoms with Crippen LogP contribution in [0.4, 0.5) is 0 Å². The first-order chi connectivity index (χ1) is 10.2. The third-order valence-electron chi connectivity index (χ3n) is 3.89. The minimum Gasteiger partial charge on any atom is -0.459 e. The lowest BCUT2D eigenvalue weighted by atomic mass is 10.1. The lowest BCUT2D eigenvalue weighted by Gasteiger charge is -2.28. The molecule has 1 fully saturated rings. The molecule has 1 aliphatic rings. The maximum atomic E-state index is 11.9. The van der Waals surface area contributed by atoms with Gasteiger partial charge in [0.2, 0.25) is 11.8 Å². The van der Waals surface area contributed by atoms with E-state index >= 15 is 0 Å². The lowest BCUT2D eigenvalue weighted by Crippen LogP contribution is -2.44. The number of amides is 2. The second-order valence-corrected chi connectivity index (χ2v) is 5.28. The molecule has 110 valence electrons. The van der Waals surface area contributed by atoms with E-state index in [0.717, 1.165) is 16.7 Å². The van der Waals surface area contributed by atoms with E-state index in [4.69, 9.17) is 4.42 Å². The van der Waals surface area contributed by atoms with E-state index < -0.39 is 0 Å². The molecule has 1 aliphatic heterocycles. The minimum atomic E-state index is -0.191. The number of imide groups is 1. The van der Waals surface area contributed by atoms with Crippen LogP contribution in [0.5, 0.6) is 0 Å². The molecule has 2 heterocycles. The van der Waals surface area contributed by atoms with Crippen molar-refractivity contribution in [3.63, 3.8) is 0 Å². The van der Waals surface area contributed by atoms with E-state index in [2.05, 4.69) is 5.32 Å². The van der Waals surface area contributed by atoms with Gasteiger partial charge in [0.25, 0.3) is 0 Å². The van der Waals surface area contributed by atoms with Crippen LogP contribution >= 0.6 is 0 Å². The number of hydrogen-bond donors (Lipinski definition) is 1. The number of piperidine rings is 1. The van der Waals surface area contributed by atoms with Crippen molar-refractivity contribution in [2.75, 3.05) is 13.6 Å². The third-order valence-corrected chi connectivity index (χ3v) is 3.89. The van der Waals surface area contributed by atoms with Crippen molar-refractivity contribution >= 4 is 22.8 Å². The van der Waals surface area contributed by atoms with Crippen LogP contribution in [0.25, 0.3) is 11.0 Å². The van der Waals surface area contributed by atoms with Gasteiger partial charge in [0.1, 0.15) is 11.3 Å². The predicted octanol–water partition coefficient (Wildman–Crippen LogP) is 2.23. The molecule has 1 unspecified atom stereocenters. The Morgan fingerprint density at radius 1 is 1.24 bits per heavy atom. The van der Waals surface area contributed by atoms with Crippen molar-refractivity contribution in [2.24, 2.45) is 0 Å². The number of likely N-dealkylation sites (N-methyl/N-ethyl adjacent to an activating group) is 1. The minimum absolute atomic E-state index is 0.0948. The number of fused-ring (bicyclic) bond motifs is 1. The van der Waals surface area contributed by atoms with Crippen LogP contribution in [0.2, 0.25) is 0 Å². The monoisotopic (exact) mass is 286 g/mol. The molecule has 1 aromatic heterocycles. The molecule has 3 rings (SSSR count). The Hall–Kier alpha value is -2.14. The predicted molar refractivity (Wildman–Crippen MR) is 78.6 cm³/mol. The number of carbonyl (C=O) groups is 2. The third kappa shape index (κ3) is 2.69. The molecular weight excluding hydrogens is 268 g/mol. The molecule has 0 bridgehead atoms. The van der Waals surface area contributed by atoms with Crippen LogP contribution < -0.4 is 5.32 Å². The van der Waals surface area contributed by atoms with E-state index in [-0.39, 0.29) is 17.9 Å². The smallest absolute Gasteiger partial charge is 0.229 e. The zero-order valence-corrected chi connectivity index (χ0v) is 12.0. The zero-order chi connectivity index (χ0) is 14.8. The highest BCUT2D eigenvalue weighted by Crippen LogP contribution is 2.25. The Bertz CT molecular complexity index is 628. The summed E-state index contributed by atoms with van der Waals surface area (Å²) in [7, 11) is 1.80. The number of carbonyl (C=O) groups excluding carboxylic acids is 2. The molecule has 1 N–H and O–H groups in total. The van der Waals surface area contributed by atoms with Crippen molar-refractivity contribution in [3.05, 3.63) is 36.1 Å². The normalized spacial score (nSPS) is 17.5. The first kappa shape index (κ1) is 13.8. The quantitative estimate of drug-likeness (QED) is 0.876. The Morgan fingerprint density at radius 3 is 2.62 bits per heavy atom. The number of nitrogens with one attached hydrogen (secondary N) is 1. The van der Waals surface area contributed by atoms with Crippen molar-refractivity contribution in [1.29, 1.82) is 0 Å². The second kappa shape index (κ2) is 5.69. The van der Waals surface area contributed by atoms with Crippen LogP contribution in [0, 0.1) is 0 Å². The largest absolute Gasteiger partial charge is 0.459 e. The standard InChI is InChI=1S/C16H18N2O3/c1-17-12(10-18-15(19)7-4-8-16(18)20)14-9-11-5-2-3-6-13(11)21-14/h2-3,5-6,9,12,17H,4,7-8,10H2,1H3. The number of furan rings is 1. The summed E-state index contributed by atoms with van der Waals surface area (Å²) in [5, 5.41) is 4.15. The molecular formula is C16H18N2O3. The fourth-order valence-corrected chi connectivity index (χ4v) is 2.68. The van der Waals surface area contributed by atoms with Gasteiger partial charge >= 0.3 is 0 Å². The van der Waals surface area contributed by atoms with Gasteiger partial charge in [-0.1, -0.05) is 18.2 Å². The molecule has 1 atom stereocenters. The number of likely N-dealkylation sites (tertiary alicyclic amines) is 1. The fourth-order valence-electron chi connectivity index (χ4n) is 2.68. The summed E-state index contributed by atoms with van der Waals surface area (Å²) in [5.41, 5.74) is 0.809. The summed E-state index contributed by atoms with van der Waals surface area (Å²) in [6, 6.07) is 9.52. The Labute approximate surface area is 122 Å². The molecule has 5 nitrogen and oxygen atoms in total. The molecule has 1 aromatic carbocycles. The van der Waals surface area contributed by atoms with E-state index in [1.165, 1.54) is 4.90 Å². The highest BCUT2D eigenvalue weighted by Gasteiger charge is 2.29. The van der Waals surface area contributed by atoms with Crippen molar-refractivity contribution in [2.45, 2.75) is 25.3 Å². The molecule has 0 spiro atoms. The van der Waals surface area contributed by atoms with E-state index in [9.17, 15) is 9.59 Å². The first-order valence-corrected chi connectivity index (χ1v) is 7.18. The number of para-hydroxylation sites is 1.